The molecule has 0 fully saturated rings. The molecule has 0 N–H and O–H groups in total. The Hall–Kier alpha value is -0.810. The Morgan fingerprint density at radius 2 is 2.21 bits per heavy atom. The van der Waals surface area contributed by atoms with Crippen LogP contribution in [0.25, 0.3) is 0 Å². The monoisotopic (exact) mass is 213 g/mol. The third-order valence-corrected chi connectivity index (χ3v) is 2.88. The van der Waals surface area contributed by atoms with E-state index in [1.807, 2.05) is 40.1 Å². The lowest BCUT2D eigenvalue weighted by molar-refractivity contribution is 0.561. The number of hydrogen-bond donors (Lipinski definition) is 0. The van der Waals surface area contributed by atoms with Crippen LogP contribution >= 0.6 is 0 Å². The largest absolute Gasteiger partial charge is 0.591 e. The zero-order valence-corrected chi connectivity index (χ0v) is 9.71. The Morgan fingerprint density at radius 3 is 2.64 bits per heavy atom. The first-order chi connectivity index (χ1) is 6.39. The Morgan fingerprint density at radius 1 is 1.57 bits per heavy atom. The van der Waals surface area contributed by atoms with Crippen molar-refractivity contribution in [3.05, 3.63) is 18.0 Å². The molecule has 0 aliphatic heterocycles. The Kier molecular flexibility index (Phi) is 3.34. The molecule has 0 radical (unpaired) electrons. The van der Waals surface area contributed by atoms with E-state index in [1.165, 1.54) is 0 Å². The van der Waals surface area contributed by atoms with Crippen molar-refractivity contribution in [2.24, 2.45) is 11.4 Å². The highest BCUT2D eigenvalue weighted by atomic mass is 32.2. The summed E-state index contributed by atoms with van der Waals surface area (Å²) in [6, 6.07) is 1.82. The molecule has 0 aliphatic rings. The molecule has 0 aromatic carbocycles. The maximum atomic E-state index is 11.5. The number of rotatable bonds is 2. The van der Waals surface area contributed by atoms with Crippen molar-refractivity contribution < 1.29 is 4.55 Å². The predicted molar refractivity (Wildman–Crippen MR) is 58.7 cm³/mol. The van der Waals surface area contributed by atoms with Gasteiger partial charge < -0.3 is 4.55 Å². The molecule has 78 valence electrons. The van der Waals surface area contributed by atoms with Crippen molar-refractivity contribution in [3.8, 4) is 0 Å². The number of hydrogen-bond acceptors (Lipinski definition) is 3. The van der Waals surface area contributed by atoms with Crippen molar-refractivity contribution in [2.45, 2.75) is 25.5 Å². The van der Waals surface area contributed by atoms with E-state index in [0.29, 0.717) is 0 Å². The maximum Gasteiger partial charge on any atom is 0.144 e. The van der Waals surface area contributed by atoms with Gasteiger partial charge in [-0.25, -0.2) is 0 Å². The van der Waals surface area contributed by atoms with Gasteiger partial charge in [0.2, 0.25) is 0 Å². The summed E-state index contributed by atoms with van der Waals surface area (Å²) in [5, 5.41) is 4.10. The quantitative estimate of drug-likeness (QED) is 0.549. The maximum absolute atomic E-state index is 11.5. The molecule has 0 bridgehead atoms. The molecule has 0 amide bonds. The molecule has 0 aliphatic carbocycles. The van der Waals surface area contributed by atoms with Crippen molar-refractivity contribution in [1.29, 1.82) is 0 Å². The number of aromatic nitrogens is 2. The summed E-state index contributed by atoms with van der Waals surface area (Å²) in [6.07, 6.45) is 3.36. The Balaban J connectivity index is 2.65. The van der Waals surface area contributed by atoms with E-state index >= 15 is 0 Å². The lowest BCUT2D eigenvalue weighted by atomic mass is 10.3. The molecule has 14 heavy (non-hydrogen) atoms. The molecule has 1 unspecified atom stereocenters. The lowest BCUT2D eigenvalue weighted by Gasteiger charge is -2.17. The molecule has 4 nitrogen and oxygen atoms in total. The van der Waals surface area contributed by atoms with Crippen LogP contribution in [-0.2, 0) is 18.4 Å². The third kappa shape index (κ3) is 3.16. The van der Waals surface area contributed by atoms with E-state index in [-0.39, 0.29) is 4.75 Å². The van der Waals surface area contributed by atoms with E-state index in [2.05, 4.69) is 9.50 Å². The van der Waals surface area contributed by atoms with Crippen LogP contribution in [0.15, 0.2) is 16.7 Å². The van der Waals surface area contributed by atoms with Crippen LogP contribution in [0.4, 0.5) is 0 Å². The van der Waals surface area contributed by atoms with Crippen molar-refractivity contribution in [3.63, 3.8) is 0 Å². The molecule has 1 aromatic heterocycles. The summed E-state index contributed by atoms with van der Waals surface area (Å²) in [7, 11) is 1.83. The van der Waals surface area contributed by atoms with Gasteiger partial charge in [0, 0.05) is 13.2 Å². The topological polar surface area (TPSA) is 53.2 Å². The smallest absolute Gasteiger partial charge is 0.144 e. The zero-order valence-electron chi connectivity index (χ0n) is 8.89. The minimum atomic E-state index is -1.21. The van der Waals surface area contributed by atoms with Crippen LogP contribution in [0.2, 0.25) is 0 Å². The third-order valence-electron chi connectivity index (χ3n) is 1.54. The SMILES string of the molecule is Cn1ccc(C=N[S+]([O-])C(C)(C)C)n1. The minimum Gasteiger partial charge on any atom is -0.591 e. The molecule has 0 saturated carbocycles. The molecule has 0 spiro atoms. The predicted octanol–water partition coefficient (Wildman–Crippen LogP) is 1.30. The highest BCUT2D eigenvalue weighted by Crippen LogP contribution is 2.16. The average Bonchev–Trinajstić information content (AvgIpc) is 2.45. The van der Waals surface area contributed by atoms with Crippen LogP contribution in [-0.4, -0.2) is 25.3 Å². The average molecular weight is 213 g/mol. The summed E-state index contributed by atoms with van der Waals surface area (Å²) in [6.45, 7) is 5.66. The van der Waals surface area contributed by atoms with Crippen LogP contribution < -0.4 is 0 Å². The van der Waals surface area contributed by atoms with E-state index < -0.39 is 11.4 Å². The van der Waals surface area contributed by atoms with Crippen LogP contribution in [0, 0.1) is 0 Å². The van der Waals surface area contributed by atoms with E-state index in [9.17, 15) is 4.55 Å². The summed E-state index contributed by atoms with van der Waals surface area (Å²) < 4.78 is 16.8. The van der Waals surface area contributed by atoms with Gasteiger partial charge in [-0.15, -0.1) is 0 Å². The minimum absolute atomic E-state index is 0.314. The normalized spacial score (nSPS) is 14.9. The molecular weight excluding hydrogens is 198 g/mol. The first-order valence-electron chi connectivity index (χ1n) is 4.35. The van der Waals surface area contributed by atoms with E-state index in [0.717, 1.165) is 5.69 Å². The standard InChI is InChI=1S/C9H15N3OS/c1-9(2,3)14(13)10-7-8-5-6-12(4)11-8/h5-7H,1-4H3. The molecule has 1 aromatic rings. The molecule has 1 heterocycles. The van der Waals surface area contributed by atoms with Crippen LogP contribution in [0.5, 0.6) is 0 Å². The summed E-state index contributed by atoms with van der Waals surface area (Å²) in [4.78, 5) is 0. The van der Waals surface area contributed by atoms with Crippen molar-refractivity contribution >= 4 is 17.6 Å². The van der Waals surface area contributed by atoms with Gasteiger partial charge in [-0.05, 0) is 26.8 Å². The van der Waals surface area contributed by atoms with E-state index in [4.69, 9.17) is 0 Å². The second-order valence-electron chi connectivity index (χ2n) is 4.01. The molecule has 1 rings (SSSR count). The number of aryl methyl sites for hydroxylation is 1. The first-order valence-corrected chi connectivity index (χ1v) is 5.46. The fraction of sp³-hybridized carbons (Fsp3) is 0.556. The second kappa shape index (κ2) is 4.14. The fourth-order valence-electron chi connectivity index (χ4n) is 0.762. The van der Waals surface area contributed by atoms with Crippen LogP contribution in [0.3, 0.4) is 0 Å². The van der Waals surface area contributed by atoms with Crippen molar-refractivity contribution in [1.82, 2.24) is 9.78 Å². The molecule has 1 atom stereocenters. The van der Waals surface area contributed by atoms with Gasteiger partial charge in [-0.2, -0.15) is 5.10 Å². The van der Waals surface area contributed by atoms with Gasteiger partial charge >= 0.3 is 0 Å². The number of nitrogens with zero attached hydrogens (tertiary/aromatic N) is 3. The molecular formula is C9H15N3OS. The van der Waals surface area contributed by atoms with Gasteiger partial charge in [0.25, 0.3) is 0 Å². The van der Waals surface area contributed by atoms with Crippen LogP contribution in [0.1, 0.15) is 26.5 Å². The fourth-order valence-corrected chi connectivity index (χ4v) is 1.28. The van der Waals surface area contributed by atoms with Gasteiger partial charge in [-0.1, -0.05) is 4.40 Å². The van der Waals surface area contributed by atoms with Gasteiger partial charge in [0.1, 0.15) is 28.0 Å². The Labute approximate surface area is 87.4 Å². The van der Waals surface area contributed by atoms with Gasteiger partial charge in [-0.3, -0.25) is 4.68 Å². The van der Waals surface area contributed by atoms with Gasteiger partial charge in [0.15, 0.2) is 0 Å². The zero-order chi connectivity index (χ0) is 10.8. The van der Waals surface area contributed by atoms with Gasteiger partial charge in [0.05, 0.1) is 0 Å². The van der Waals surface area contributed by atoms with Crippen molar-refractivity contribution in [2.75, 3.05) is 0 Å². The highest BCUT2D eigenvalue weighted by molar-refractivity contribution is 7.91. The summed E-state index contributed by atoms with van der Waals surface area (Å²) in [5.41, 5.74) is 0.727. The van der Waals surface area contributed by atoms with E-state index in [1.54, 1.807) is 10.9 Å². The molecule has 5 heteroatoms. The highest BCUT2D eigenvalue weighted by Gasteiger charge is 2.25. The summed E-state index contributed by atoms with van der Waals surface area (Å²) >= 11 is -1.21. The first kappa shape index (κ1) is 11.3. The second-order valence-corrected chi connectivity index (χ2v) is 5.94. The summed E-state index contributed by atoms with van der Waals surface area (Å²) in [5.74, 6) is 0. The molecule has 0 saturated heterocycles. The Bertz CT molecular complexity index is 327. The lowest BCUT2D eigenvalue weighted by Crippen LogP contribution is -2.25.